The van der Waals surface area contributed by atoms with Crippen LogP contribution in [0, 0.1) is 11.3 Å². The summed E-state index contributed by atoms with van der Waals surface area (Å²) in [7, 11) is 1.81. The molecule has 0 unspecified atom stereocenters. The Morgan fingerprint density at radius 2 is 2.20 bits per heavy atom. The predicted octanol–water partition coefficient (Wildman–Crippen LogP) is 3.47. The van der Waals surface area contributed by atoms with Crippen LogP contribution in [0.4, 0.5) is 5.69 Å². The molecule has 3 rings (SSSR count). The highest BCUT2D eigenvalue weighted by atomic mass is 32.2. The van der Waals surface area contributed by atoms with Crippen LogP contribution in [0.25, 0.3) is 0 Å². The number of nitriles is 1. The third kappa shape index (κ3) is 3.83. The predicted molar refractivity (Wildman–Crippen MR) is 101 cm³/mol. The third-order valence-corrected chi connectivity index (χ3v) is 5.83. The first-order valence-electron chi connectivity index (χ1n) is 7.62. The van der Waals surface area contributed by atoms with E-state index in [0.717, 1.165) is 27.6 Å². The lowest BCUT2D eigenvalue weighted by Gasteiger charge is -2.22. The number of hydrogen-bond donors (Lipinski definition) is 0. The lowest BCUT2D eigenvalue weighted by Crippen LogP contribution is -2.17. The Hall–Kier alpha value is -2.37. The van der Waals surface area contributed by atoms with Gasteiger partial charge in [-0.05, 0) is 41.4 Å². The maximum absolute atomic E-state index is 10.8. The number of aryl methyl sites for hydroxylation is 1. The van der Waals surface area contributed by atoms with Crippen LogP contribution in [0.3, 0.4) is 0 Å². The van der Waals surface area contributed by atoms with Gasteiger partial charge in [0.25, 0.3) is 0 Å². The summed E-state index contributed by atoms with van der Waals surface area (Å²) in [5, 5.41) is 24.2. The second kappa shape index (κ2) is 7.68. The summed E-state index contributed by atoms with van der Waals surface area (Å²) in [5.41, 5.74) is 3.90. The van der Waals surface area contributed by atoms with Crippen LogP contribution in [-0.4, -0.2) is 27.9 Å². The summed E-state index contributed by atoms with van der Waals surface area (Å²) in [6.45, 7) is 2.07. The topological polar surface area (TPSA) is 82.2 Å². The van der Waals surface area contributed by atoms with Gasteiger partial charge in [-0.25, -0.2) is 0 Å². The van der Waals surface area contributed by atoms with Gasteiger partial charge in [0.2, 0.25) is 0 Å². The Balaban J connectivity index is 1.75. The second-order valence-corrected chi connectivity index (χ2v) is 7.51. The highest BCUT2D eigenvalue weighted by molar-refractivity contribution is 8.38. The molecule has 0 amide bonds. The van der Waals surface area contributed by atoms with Crippen LogP contribution in [0.2, 0.25) is 0 Å². The average molecular weight is 369 g/mol. The van der Waals surface area contributed by atoms with Gasteiger partial charge in [-0.1, -0.05) is 30.8 Å². The number of hydrogen-bond acceptors (Lipinski definition) is 8. The number of nitrogens with zero attached hydrogens (tertiary/aromatic N) is 5. The van der Waals surface area contributed by atoms with E-state index in [1.165, 1.54) is 11.8 Å². The quantitative estimate of drug-likeness (QED) is 0.763. The minimum atomic E-state index is 0.284. The minimum absolute atomic E-state index is 0.284. The van der Waals surface area contributed by atoms with E-state index in [9.17, 15) is 10.1 Å². The number of carbonyl (C=O) groups excluding carboxylic acids is 1. The Labute approximate surface area is 154 Å². The summed E-state index contributed by atoms with van der Waals surface area (Å²) < 4.78 is 0.826. The molecule has 0 spiro atoms. The van der Waals surface area contributed by atoms with E-state index in [1.54, 1.807) is 22.8 Å². The maximum Gasteiger partial charge on any atom is 0.170 e. The number of carbonyl (C=O) groups is 1. The molecule has 126 valence electrons. The molecule has 0 fully saturated rings. The van der Waals surface area contributed by atoms with Crippen molar-refractivity contribution in [2.75, 3.05) is 12.1 Å². The molecular weight excluding hydrogens is 354 g/mol. The van der Waals surface area contributed by atoms with Crippen LogP contribution in [0.5, 0.6) is 0 Å². The number of aldehydes is 1. The Morgan fingerprint density at radius 1 is 1.36 bits per heavy atom. The average Bonchev–Trinajstić information content (AvgIpc) is 2.66. The van der Waals surface area contributed by atoms with Crippen molar-refractivity contribution >= 4 is 39.9 Å². The number of fused-ring (bicyclic) bond motifs is 1. The van der Waals surface area contributed by atoms with Gasteiger partial charge in [0, 0.05) is 12.8 Å². The monoisotopic (exact) mass is 369 g/mol. The molecule has 0 aliphatic carbocycles. The van der Waals surface area contributed by atoms with Crippen molar-refractivity contribution in [1.29, 1.82) is 5.26 Å². The fourth-order valence-electron chi connectivity index (χ4n) is 2.30. The van der Waals surface area contributed by atoms with Crippen molar-refractivity contribution in [2.45, 2.75) is 24.1 Å². The third-order valence-electron chi connectivity index (χ3n) is 3.70. The number of hydrazone groups is 1. The zero-order valence-corrected chi connectivity index (χ0v) is 15.4. The van der Waals surface area contributed by atoms with E-state index in [-0.39, 0.29) is 5.69 Å². The smallest absolute Gasteiger partial charge is 0.170 e. The second-order valence-electron chi connectivity index (χ2n) is 5.31. The molecule has 2 aromatic rings. The van der Waals surface area contributed by atoms with E-state index in [1.807, 2.05) is 19.2 Å². The molecule has 1 aliphatic rings. The molecule has 2 heterocycles. The molecule has 0 saturated carbocycles. The van der Waals surface area contributed by atoms with E-state index in [4.69, 9.17) is 0 Å². The summed E-state index contributed by atoms with van der Waals surface area (Å²) in [6, 6.07) is 9.95. The van der Waals surface area contributed by atoms with Crippen molar-refractivity contribution in [2.24, 2.45) is 5.10 Å². The Morgan fingerprint density at radius 3 is 2.92 bits per heavy atom. The Bertz CT molecular complexity index is 891. The first-order chi connectivity index (χ1) is 12.1. The van der Waals surface area contributed by atoms with Crippen molar-refractivity contribution < 1.29 is 4.79 Å². The van der Waals surface area contributed by atoms with Crippen molar-refractivity contribution in [3.63, 3.8) is 0 Å². The lowest BCUT2D eigenvalue weighted by atomic mass is 10.0. The number of benzene rings is 1. The van der Waals surface area contributed by atoms with Gasteiger partial charge < -0.3 is 0 Å². The summed E-state index contributed by atoms with van der Waals surface area (Å²) in [5.74, 6) is 0.655. The van der Waals surface area contributed by atoms with Crippen LogP contribution in [0.1, 0.15) is 34.1 Å². The first-order valence-corrected chi connectivity index (χ1v) is 9.42. The van der Waals surface area contributed by atoms with Crippen LogP contribution >= 0.6 is 23.5 Å². The molecule has 0 N–H and O–H groups in total. The molecule has 6 nitrogen and oxygen atoms in total. The van der Waals surface area contributed by atoms with Crippen LogP contribution in [-0.2, 0) is 12.2 Å². The Kier molecular flexibility index (Phi) is 5.36. The molecular formula is C17H15N5OS2. The fourth-order valence-corrected chi connectivity index (χ4v) is 4.36. The molecule has 0 atom stereocenters. The minimum Gasteiger partial charge on any atom is -0.296 e. The van der Waals surface area contributed by atoms with Crippen molar-refractivity contribution in [1.82, 2.24) is 10.2 Å². The normalized spacial score (nSPS) is 13.0. The molecule has 8 heteroatoms. The fraction of sp³-hybridized carbons (Fsp3) is 0.235. The van der Waals surface area contributed by atoms with Gasteiger partial charge in [-0.2, -0.15) is 10.4 Å². The summed E-state index contributed by atoms with van der Waals surface area (Å²) >= 11 is 2.97. The highest BCUT2D eigenvalue weighted by Gasteiger charge is 2.21. The van der Waals surface area contributed by atoms with Gasteiger partial charge >= 0.3 is 0 Å². The SMILES string of the molecule is CCc1ccc(CSC2=NN(C)c3cc(C=O)nnc3S2)c(C#N)c1. The van der Waals surface area contributed by atoms with Gasteiger partial charge in [0.15, 0.2) is 15.7 Å². The largest absolute Gasteiger partial charge is 0.296 e. The number of thioether (sulfide) groups is 2. The van der Waals surface area contributed by atoms with E-state index in [2.05, 4.69) is 34.4 Å². The van der Waals surface area contributed by atoms with Gasteiger partial charge in [0.05, 0.1) is 17.3 Å². The zero-order valence-electron chi connectivity index (χ0n) is 13.8. The van der Waals surface area contributed by atoms with E-state index < -0.39 is 0 Å². The van der Waals surface area contributed by atoms with E-state index >= 15 is 0 Å². The van der Waals surface area contributed by atoms with E-state index in [0.29, 0.717) is 22.6 Å². The molecule has 0 radical (unpaired) electrons. The molecule has 25 heavy (non-hydrogen) atoms. The molecule has 1 aromatic heterocycles. The molecule has 0 bridgehead atoms. The zero-order chi connectivity index (χ0) is 17.8. The first kappa shape index (κ1) is 17.5. The lowest BCUT2D eigenvalue weighted by molar-refractivity contribution is 0.111. The van der Waals surface area contributed by atoms with Gasteiger partial charge in [-0.3, -0.25) is 9.80 Å². The van der Waals surface area contributed by atoms with Gasteiger partial charge in [0.1, 0.15) is 5.69 Å². The summed E-state index contributed by atoms with van der Waals surface area (Å²) in [6.07, 6.45) is 1.58. The van der Waals surface area contributed by atoms with Crippen molar-refractivity contribution in [3.8, 4) is 6.07 Å². The standard InChI is InChI=1S/C17H15N5OS2/c1-3-11-4-5-12(13(6-11)8-18)10-24-17-21-22(2)15-7-14(9-23)19-20-16(15)25-17/h4-7,9H,3,10H2,1-2H3. The molecule has 0 saturated heterocycles. The summed E-state index contributed by atoms with van der Waals surface area (Å²) in [4.78, 5) is 10.8. The maximum atomic E-state index is 10.8. The molecule has 1 aromatic carbocycles. The molecule has 1 aliphatic heterocycles. The number of aromatic nitrogens is 2. The van der Waals surface area contributed by atoms with Crippen LogP contribution < -0.4 is 5.01 Å². The van der Waals surface area contributed by atoms with Crippen molar-refractivity contribution in [3.05, 3.63) is 46.6 Å². The van der Waals surface area contributed by atoms with Gasteiger partial charge in [-0.15, -0.1) is 10.2 Å². The van der Waals surface area contributed by atoms with Crippen LogP contribution in [0.15, 0.2) is 34.4 Å². The number of anilines is 1. The number of rotatable bonds is 4. The highest BCUT2D eigenvalue weighted by Crippen LogP contribution is 2.37.